The minimum Gasteiger partial charge on any atom is -0.340 e. The Morgan fingerprint density at radius 3 is 2.61 bits per heavy atom. The predicted molar refractivity (Wildman–Crippen MR) is 147 cm³/mol. The molecule has 0 saturated carbocycles. The van der Waals surface area contributed by atoms with E-state index in [4.69, 9.17) is 0 Å². The average molecular weight is 479 g/mol. The van der Waals surface area contributed by atoms with E-state index < -0.39 is 0 Å². The van der Waals surface area contributed by atoms with Gasteiger partial charge in [0.1, 0.15) is 5.82 Å². The third-order valence-corrected chi connectivity index (χ3v) is 7.63. The third-order valence-electron chi connectivity index (χ3n) is 7.63. The lowest BCUT2D eigenvalue weighted by Gasteiger charge is -2.26. The number of fused-ring (bicyclic) bond motifs is 2. The number of aryl methyl sites for hydroxylation is 1. The first-order chi connectivity index (χ1) is 17.5. The van der Waals surface area contributed by atoms with Gasteiger partial charge >= 0.3 is 0 Å². The van der Waals surface area contributed by atoms with Crippen LogP contribution in [0.4, 0.5) is 5.82 Å². The van der Waals surface area contributed by atoms with Crippen LogP contribution in [0, 0.1) is 0 Å². The molecule has 1 saturated heterocycles. The SMILES string of the molecule is C=C(Nc1cc2cc(-c3cnn(C)c3CN3CCCCC3)ccc2cn1)c1ccc2c(c1)CN(C)C2. The van der Waals surface area contributed by atoms with Crippen molar-refractivity contribution in [3.8, 4) is 11.1 Å². The van der Waals surface area contributed by atoms with Gasteiger partial charge in [-0.1, -0.05) is 37.3 Å². The number of piperidine rings is 1. The van der Waals surface area contributed by atoms with Gasteiger partial charge in [-0.05, 0) is 78.8 Å². The Hall–Kier alpha value is -3.48. The molecule has 0 atom stereocenters. The van der Waals surface area contributed by atoms with Crippen molar-refractivity contribution in [1.29, 1.82) is 0 Å². The average Bonchev–Trinajstić information content (AvgIpc) is 3.45. The maximum absolute atomic E-state index is 4.66. The standard InChI is InChI=1S/C30H34N6/c1-21(22-7-10-25-18-34(2)19-27(25)13-22)33-30-15-26-14-23(8-9-24(26)16-31-30)28-17-32-35(3)29(28)20-36-11-5-4-6-12-36/h7-10,13-17H,1,4-6,11-12,18-20H2,2-3H3,(H,31,33). The summed E-state index contributed by atoms with van der Waals surface area (Å²) < 4.78 is 2.03. The Morgan fingerprint density at radius 1 is 0.917 bits per heavy atom. The lowest BCUT2D eigenvalue weighted by molar-refractivity contribution is 0.216. The molecular weight excluding hydrogens is 444 g/mol. The highest BCUT2D eigenvalue weighted by molar-refractivity contribution is 5.90. The summed E-state index contributed by atoms with van der Waals surface area (Å²) in [5, 5.41) is 10.3. The maximum atomic E-state index is 4.66. The van der Waals surface area contributed by atoms with E-state index in [1.165, 1.54) is 60.3 Å². The first kappa shape index (κ1) is 23.0. The highest BCUT2D eigenvalue weighted by Crippen LogP contribution is 2.30. The van der Waals surface area contributed by atoms with Gasteiger partial charge < -0.3 is 5.32 Å². The predicted octanol–water partition coefficient (Wildman–Crippen LogP) is 5.65. The van der Waals surface area contributed by atoms with Crippen LogP contribution < -0.4 is 5.32 Å². The van der Waals surface area contributed by atoms with E-state index in [1.807, 2.05) is 17.1 Å². The van der Waals surface area contributed by atoms with Crippen molar-refractivity contribution in [2.45, 2.75) is 38.9 Å². The highest BCUT2D eigenvalue weighted by atomic mass is 15.3. The topological polar surface area (TPSA) is 49.2 Å². The van der Waals surface area contributed by atoms with Gasteiger partial charge in [0.05, 0.1) is 11.9 Å². The number of hydrogen-bond acceptors (Lipinski definition) is 5. The lowest BCUT2D eigenvalue weighted by Crippen LogP contribution is -2.30. The fourth-order valence-electron chi connectivity index (χ4n) is 5.58. The van der Waals surface area contributed by atoms with Crippen molar-refractivity contribution < 1.29 is 0 Å². The molecule has 0 amide bonds. The van der Waals surface area contributed by atoms with Gasteiger partial charge in [0.25, 0.3) is 0 Å². The van der Waals surface area contributed by atoms with Crippen molar-refractivity contribution in [3.05, 3.63) is 83.8 Å². The molecule has 2 aliphatic heterocycles. The molecule has 4 aromatic rings. The highest BCUT2D eigenvalue weighted by Gasteiger charge is 2.18. The number of anilines is 1. The number of rotatable bonds is 6. The van der Waals surface area contributed by atoms with Gasteiger partial charge in [-0.3, -0.25) is 14.5 Å². The summed E-state index contributed by atoms with van der Waals surface area (Å²) >= 11 is 0. The Bertz CT molecular complexity index is 1430. The third kappa shape index (κ3) is 4.54. The van der Waals surface area contributed by atoms with E-state index in [0.29, 0.717) is 0 Å². The number of likely N-dealkylation sites (tertiary alicyclic amines) is 1. The summed E-state index contributed by atoms with van der Waals surface area (Å²) in [5.41, 5.74) is 8.44. The van der Waals surface area contributed by atoms with E-state index in [1.54, 1.807) is 0 Å². The summed E-state index contributed by atoms with van der Waals surface area (Å²) in [4.78, 5) is 9.54. The van der Waals surface area contributed by atoms with Gasteiger partial charge in [-0.25, -0.2) is 4.98 Å². The maximum Gasteiger partial charge on any atom is 0.130 e. The summed E-state index contributed by atoms with van der Waals surface area (Å²) in [7, 11) is 4.21. The van der Waals surface area contributed by atoms with Crippen molar-refractivity contribution in [2.75, 3.05) is 25.5 Å². The monoisotopic (exact) mass is 478 g/mol. The second-order valence-electron chi connectivity index (χ2n) is 10.4. The largest absolute Gasteiger partial charge is 0.340 e. The van der Waals surface area contributed by atoms with E-state index in [9.17, 15) is 0 Å². The van der Waals surface area contributed by atoms with Gasteiger partial charge in [-0.2, -0.15) is 5.10 Å². The molecule has 0 aliphatic carbocycles. The molecule has 6 rings (SSSR count). The van der Waals surface area contributed by atoms with Crippen LogP contribution in [0.3, 0.4) is 0 Å². The van der Waals surface area contributed by atoms with Crippen LogP contribution in [0.2, 0.25) is 0 Å². The molecular formula is C30H34N6. The van der Waals surface area contributed by atoms with E-state index in [0.717, 1.165) is 47.5 Å². The summed E-state index contributed by atoms with van der Waals surface area (Å²) in [6.45, 7) is 9.60. The molecule has 1 N–H and O–H groups in total. The first-order valence-corrected chi connectivity index (χ1v) is 12.9. The zero-order valence-corrected chi connectivity index (χ0v) is 21.3. The van der Waals surface area contributed by atoms with Crippen molar-refractivity contribution in [1.82, 2.24) is 24.6 Å². The molecule has 36 heavy (non-hydrogen) atoms. The van der Waals surface area contributed by atoms with Crippen LogP contribution in [0.1, 0.15) is 41.6 Å². The van der Waals surface area contributed by atoms with Crippen LogP contribution >= 0.6 is 0 Å². The van der Waals surface area contributed by atoms with Crippen LogP contribution in [0.15, 0.2) is 61.4 Å². The summed E-state index contributed by atoms with van der Waals surface area (Å²) in [5.74, 6) is 0.807. The van der Waals surface area contributed by atoms with Crippen LogP contribution in [0.25, 0.3) is 27.6 Å². The molecule has 2 aromatic carbocycles. The van der Waals surface area contributed by atoms with Crippen LogP contribution in [-0.4, -0.2) is 44.7 Å². The molecule has 2 aromatic heterocycles. The van der Waals surface area contributed by atoms with Crippen LogP contribution in [-0.2, 0) is 26.7 Å². The van der Waals surface area contributed by atoms with Crippen molar-refractivity contribution in [2.24, 2.45) is 7.05 Å². The Kier molecular flexibility index (Phi) is 6.07. The fourth-order valence-corrected chi connectivity index (χ4v) is 5.58. The summed E-state index contributed by atoms with van der Waals surface area (Å²) in [6, 6.07) is 15.3. The van der Waals surface area contributed by atoms with Gasteiger partial charge in [0, 0.05) is 49.5 Å². The molecule has 0 spiro atoms. The summed E-state index contributed by atoms with van der Waals surface area (Å²) in [6.07, 6.45) is 7.87. The van der Waals surface area contributed by atoms with E-state index in [-0.39, 0.29) is 0 Å². The molecule has 1 fully saturated rings. The number of nitrogens with one attached hydrogen (secondary N) is 1. The normalized spacial score (nSPS) is 16.4. The Labute approximate surface area is 213 Å². The molecule has 0 bridgehead atoms. The van der Waals surface area contributed by atoms with E-state index in [2.05, 4.69) is 88.3 Å². The number of pyridine rings is 1. The Balaban J connectivity index is 1.25. The number of benzene rings is 2. The minimum absolute atomic E-state index is 0.807. The smallest absolute Gasteiger partial charge is 0.130 e. The molecule has 0 unspecified atom stereocenters. The second-order valence-corrected chi connectivity index (χ2v) is 10.4. The number of hydrogen-bond donors (Lipinski definition) is 1. The number of nitrogens with zero attached hydrogens (tertiary/aromatic N) is 5. The molecule has 0 radical (unpaired) electrons. The van der Waals surface area contributed by atoms with E-state index >= 15 is 0 Å². The minimum atomic E-state index is 0.807. The molecule has 4 heterocycles. The van der Waals surface area contributed by atoms with Crippen molar-refractivity contribution >= 4 is 22.3 Å². The molecule has 2 aliphatic rings. The van der Waals surface area contributed by atoms with Crippen molar-refractivity contribution in [3.63, 3.8) is 0 Å². The molecule has 184 valence electrons. The van der Waals surface area contributed by atoms with Gasteiger partial charge in [-0.15, -0.1) is 0 Å². The first-order valence-electron chi connectivity index (χ1n) is 12.9. The van der Waals surface area contributed by atoms with Crippen LogP contribution in [0.5, 0.6) is 0 Å². The zero-order chi connectivity index (χ0) is 24.6. The molecule has 6 nitrogen and oxygen atoms in total. The number of aromatic nitrogens is 3. The molecule has 6 heteroatoms. The zero-order valence-electron chi connectivity index (χ0n) is 21.3. The van der Waals surface area contributed by atoms with Gasteiger partial charge in [0.15, 0.2) is 0 Å². The lowest BCUT2D eigenvalue weighted by atomic mass is 10.0. The second kappa shape index (κ2) is 9.52. The quantitative estimate of drug-likeness (QED) is 0.388. The Morgan fingerprint density at radius 2 is 1.75 bits per heavy atom. The van der Waals surface area contributed by atoms with Gasteiger partial charge in [0.2, 0.25) is 0 Å². The fraction of sp³-hybridized carbons (Fsp3) is 0.333.